The van der Waals surface area contributed by atoms with Crippen LogP contribution in [-0.2, 0) is 19.1 Å². The van der Waals surface area contributed by atoms with E-state index in [1.54, 1.807) is 12.1 Å². The van der Waals surface area contributed by atoms with Crippen LogP contribution in [0.15, 0.2) is 45.6 Å². The average Bonchev–Trinajstić information content (AvgIpc) is 2.77. The molecule has 8 heteroatoms. The number of halogens is 3. The highest BCUT2D eigenvalue weighted by atomic mass is 19.4. The van der Waals surface area contributed by atoms with Crippen molar-refractivity contribution in [2.24, 2.45) is 5.92 Å². The Balaban J connectivity index is 1.83. The number of piperidine rings is 1. The molecule has 2 unspecified atom stereocenters. The minimum absolute atomic E-state index is 0.0552. The van der Waals surface area contributed by atoms with Crippen LogP contribution in [0.3, 0.4) is 0 Å². The number of aromatic hydroxyl groups is 1. The maximum atomic E-state index is 13.9. The van der Waals surface area contributed by atoms with E-state index in [4.69, 9.17) is 9.15 Å². The second-order valence-electron chi connectivity index (χ2n) is 8.75. The molecular weight excluding hydrogens is 435 g/mol. The van der Waals surface area contributed by atoms with Crippen molar-refractivity contribution in [3.8, 4) is 17.2 Å². The summed E-state index contributed by atoms with van der Waals surface area (Å²) in [7, 11) is 0. The highest BCUT2D eigenvalue weighted by molar-refractivity contribution is 5.83. The highest BCUT2D eigenvalue weighted by Gasteiger charge is 2.41. The van der Waals surface area contributed by atoms with Crippen molar-refractivity contribution < 1.29 is 32.3 Å². The van der Waals surface area contributed by atoms with Crippen LogP contribution >= 0.6 is 0 Å². The van der Waals surface area contributed by atoms with E-state index < -0.39 is 23.1 Å². The van der Waals surface area contributed by atoms with Gasteiger partial charge in [-0.2, -0.15) is 13.2 Å². The van der Waals surface area contributed by atoms with Gasteiger partial charge >= 0.3 is 6.18 Å². The normalized spacial score (nSPS) is 19.1. The standard InChI is InChI=1S/C25H26F3NO4/c1-3-16-6-8-17(9-7-16)32-23-21(31)18-10-11-20(30)19(14-29-12-4-5-15(2)13-29)22(18)33-24(23)25(26,27)28/h6-11,15,30H,3-5,12-14H2,1-2H3/p+1. The number of hydrogen-bond donors (Lipinski definition) is 2. The molecule has 2 N–H and O–H groups in total. The quantitative estimate of drug-likeness (QED) is 0.578. The summed E-state index contributed by atoms with van der Waals surface area (Å²) in [6, 6.07) is 9.10. The van der Waals surface area contributed by atoms with Crippen LogP contribution in [0.4, 0.5) is 13.2 Å². The molecule has 0 amide bonds. The second kappa shape index (κ2) is 9.09. The van der Waals surface area contributed by atoms with Crippen LogP contribution < -0.4 is 15.1 Å². The third-order valence-corrected chi connectivity index (χ3v) is 6.20. The first-order chi connectivity index (χ1) is 15.7. The lowest BCUT2D eigenvalue weighted by atomic mass is 9.99. The van der Waals surface area contributed by atoms with Gasteiger partial charge in [-0.25, -0.2) is 0 Å². The number of benzene rings is 2. The first kappa shape index (κ1) is 23.2. The van der Waals surface area contributed by atoms with Crippen molar-refractivity contribution in [1.29, 1.82) is 0 Å². The Morgan fingerprint density at radius 2 is 1.91 bits per heavy atom. The van der Waals surface area contributed by atoms with Gasteiger partial charge in [-0.05, 0) is 49.1 Å². The molecule has 2 heterocycles. The van der Waals surface area contributed by atoms with Crippen molar-refractivity contribution in [2.75, 3.05) is 13.1 Å². The van der Waals surface area contributed by atoms with Gasteiger partial charge < -0.3 is 19.2 Å². The second-order valence-corrected chi connectivity index (χ2v) is 8.75. The minimum atomic E-state index is -4.96. The Morgan fingerprint density at radius 1 is 1.18 bits per heavy atom. The number of hydrogen-bond acceptors (Lipinski definition) is 4. The number of ether oxygens (including phenoxy) is 1. The summed E-state index contributed by atoms with van der Waals surface area (Å²) in [5.74, 6) is -2.02. The van der Waals surface area contributed by atoms with E-state index in [1.165, 1.54) is 24.3 Å². The summed E-state index contributed by atoms with van der Waals surface area (Å²) >= 11 is 0. The molecule has 33 heavy (non-hydrogen) atoms. The summed E-state index contributed by atoms with van der Waals surface area (Å²) in [4.78, 5) is 14.3. The van der Waals surface area contributed by atoms with E-state index in [-0.39, 0.29) is 34.6 Å². The molecule has 0 aliphatic carbocycles. The minimum Gasteiger partial charge on any atom is -0.507 e. The van der Waals surface area contributed by atoms with Crippen LogP contribution in [-0.4, -0.2) is 18.2 Å². The highest BCUT2D eigenvalue weighted by Crippen LogP contribution is 2.39. The summed E-state index contributed by atoms with van der Waals surface area (Å²) in [5, 5.41) is 10.4. The summed E-state index contributed by atoms with van der Waals surface area (Å²) in [6.45, 7) is 6.02. The summed E-state index contributed by atoms with van der Waals surface area (Å²) < 4.78 is 52.5. The monoisotopic (exact) mass is 462 g/mol. The molecule has 2 atom stereocenters. The third-order valence-electron chi connectivity index (χ3n) is 6.20. The summed E-state index contributed by atoms with van der Waals surface area (Å²) in [5.41, 5.74) is 0.0229. The molecule has 1 aromatic heterocycles. The Bertz CT molecular complexity index is 1200. The maximum absolute atomic E-state index is 13.9. The fourth-order valence-corrected chi connectivity index (χ4v) is 4.46. The lowest BCUT2D eigenvalue weighted by molar-refractivity contribution is -0.922. The average molecular weight is 462 g/mol. The molecule has 176 valence electrons. The molecule has 4 rings (SSSR count). The number of aryl methyl sites for hydroxylation is 1. The molecule has 0 saturated carbocycles. The number of alkyl halides is 3. The number of rotatable bonds is 5. The van der Waals surface area contributed by atoms with E-state index in [0.29, 0.717) is 5.92 Å². The molecule has 2 aromatic carbocycles. The van der Waals surface area contributed by atoms with Crippen molar-refractivity contribution in [3.63, 3.8) is 0 Å². The molecule has 0 spiro atoms. The third kappa shape index (κ3) is 4.85. The van der Waals surface area contributed by atoms with E-state index in [2.05, 4.69) is 6.92 Å². The van der Waals surface area contributed by atoms with Gasteiger partial charge in [0.25, 0.3) is 5.76 Å². The van der Waals surface area contributed by atoms with Crippen LogP contribution in [0.25, 0.3) is 11.0 Å². The fraction of sp³-hybridized carbons (Fsp3) is 0.400. The van der Waals surface area contributed by atoms with E-state index in [9.17, 15) is 23.1 Å². The molecule has 0 bridgehead atoms. The first-order valence-corrected chi connectivity index (χ1v) is 11.2. The van der Waals surface area contributed by atoms with Crippen molar-refractivity contribution in [2.45, 2.75) is 45.8 Å². The van der Waals surface area contributed by atoms with Gasteiger partial charge in [0.1, 0.15) is 18.0 Å². The molecule has 5 nitrogen and oxygen atoms in total. The number of likely N-dealkylation sites (tertiary alicyclic amines) is 1. The maximum Gasteiger partial charge on any atom is 0.453 e. The van der Waals surface area contributed by atoms with Gasteiger partial charge in [0, 0.05) is 5.92 Å². The zero-order valence-electron chi connectivity index (χ0n) is 18.6. The van der Waals surface area contributed by atoms with Gasteiger partial charge in [-0.15, -0.1) is 0 Å². The van der Waals surface area contributed by atoms with E-state index in [1.807, 2.05) is 6.92 Å². The van der Waals surface area contributed by atoms with Crippen LogP contribution in [0.2, 0.25) is 0 Å². The molecule has 3 aromatic rings. The molecule has 1 aliphatic rings. The number of phenols is 1. The van der Waals surface area contributed by atoms with E-state index in [0.717, 1.165) is 42.8 Å². The van der Waals surface area contributed by atoms with Crippen molar-refractivity contribution in [1.82, 2.24) is 0 Å². The van der Waals surface area contributed by atoms with Crippen LogP contribution in [0.5, 0.6) is 17.2 Å². The van der Waals surface area contributed by atoms with E-state index >= 15 is 0 Å². The molecule has 0 radical (unpaired) electrons. The zero-order valence-corrected chi connectivity index (χ0v) is 18.6. The zero-order chi connectivity index (χ0) is 23.8. The number of fused-ring (bicyclic) bond motifs is 1. The predicted molar refractivity (Wildman–Crippen MR) is 118 cm³/mol. The largest absolute Gasteiger partial charge is 0.507 e. The smallest absolute Gasteiger partial charge is 0.453 e. The van der Waals surface area contributed by atoms with Gasteiger partial charge in [0.05, 0.1) is 24.0 Å². The van der Waals surface area contributed by atoms with Gasteiger partial charge in [0.2, 0.25) is 11.2 Å². The van der Waals surface area contributed by atoms with Crippen LogP contribution in [0, 0.1) is 5.92 Å². The molecule has 1 aliphatic heterocycles. The number of quaternary nitrogens is 1. The number of phenolic OH excluding ortho intramolecular Hbond substituents is 1. The van der Waals surface area contributed by atoms with Gasteiger partial charge in [-0.3, -0.25) is 4.79 Å². The fourth-order valence-electron chi connectivity index (χ4n) is 4.46. The SMILES string of the molecule is CCc1ccc(Oc2c(C(F)(F)F)oc3c(C[NH+]4CCCC(C)C4)c(O)ccc3c2=O)cc1. The molecule has 1 fully saturated rings. The lowest BCUT2D eigenvalue weighted by Crippen LogP contribution is -3.12. The first-order valence-electron chi connectivity index (χ1n) is 11.2. The Labute approximate surface area is 189 Å². The van der Waals surface area contributed by atoms with Gasteiger partial charge in [0.15, 0.2) is 5.58 Å². The van der Waals surface area contributed by atoms with Crippen molar-refractivity contribution in [3.05, 3.63) is 63.5 Å². The summed E-state index contributed by atoms with van der Waals surface area (Å²) in [6.07, 6.45) is -2.11. The number of nitrogens with one attached hydrogen (secondary N) is 1. The van der Waals surface area contributed by atoms with Crippen molar-refractivity contribution >= 4 is 11.0 Å². The molecular formula is C25H27F3NO4+. The van der Waals surface area contributed by atoms with Crippen LogP contribution in [0.1, 0.15) is 43.6 Å². The molecule has 1 saturated heterocycles. The lowest BCUT2D eigenvalue weighted by Gasteiger charge is -2.28. The van der Waals surface area contributed by atoms with Gasteiger partial charge in [-0.1, -0.05) is 26.0 Å². The Morgan fingerprint density at radius 3 is 2.55 bits per heavy atom. The Hall–Kier alpha value is -3.00. The predicted octanol–water partition coefficient (Wildman–Crippen LogP) is 4.69. The Kier molecular flexibility index (Phi) is 6.38. The topological polar surface area (TPSA) is 64.1 Å².